The van der Waals surface area contributed by atoms with Gasteiger partial charge in [-0.1, -0.05) is 13.8 Å². The van der Waals surface area contributed by atoms with Crippen molar-refractivity contribution in [3.05, 3.63) is 0 Å². The molecule has 0 fully saturated rings. The van der Waals surface area contributed by atoms with Crippen LogP contribution in [0.5, 0.6) is 0 Å². The summed E-state index contributed by atoms with van der Waals surface area (Å²) in [5, 5.41) is 3.28. The zero-order valence-corrected chi connectivity index (χ0v) is 10.9. The molecule has 0 saturated heterocycles. The Balaban J connectivity index is -0.000000140. The summed E-state index contributed by atoms with van der Waals surface area (Å²) < 4.78 is 0. The van der Waals surface area contributed by atoms with Crippen LogP contribution in [0.25, 0.3) is 0 Å². The summed E-state index contributed by atoms with van der Waals surface area (Å²) in [7, 11) is 9.75. The van der Waals surface area contributed by atoms with Gasteiger partial charge < -0.3 is 11.5 Å². The van der Waals surface area contributed by atoms with Crippen LogP contribution in [0.4, 0.5) is 0 Å². The van der Waals surface area contributed by atoms with Crippen molar-refractivity contribution >= 4 is 18.8 Å². The van der Waals surface area contributed by atoms with Crippen molar-refractivity contribution in [2.45, 2.75) is 26.7 Å². The zero-order chi connectivity index (χ0) is 8.24. The Bertz CT molecular complexity index is 45.6. The summed E-state index contributed by atoms with van der Waals surface area (Å²) in [6, 6.07) is 0. The Kier molecular flexibility index (Phi) is 36.9. The summed E-state index contributed by atoms with van der Waals surface area (Å²) in [5.41, 5.74) is 0. The van der Waals surface area contributed by atoms with Gasteiger partial charge in [-0.05, 0) is 25.9 Å². The Morgan fingerprint density at radius 3 is 1.55 bits per heavy atom. The van der Waals surface area contributed by atoms with Gasteiger partial charge in [0, 0.05) is 0 Å². The molecule has 0 saturated carbocycles. The van der Waals surface area contributed by atoms with Gasteiger partial charge in [-0.15, -0.1) is 0 Å². The summed E-state index contributed by atoms with van der Waals surface area (Å²) >= 11 is -0.472. The van der Waals surface area contributed by atoms with Gasteiger partial charge in [0.15, 0.2) is 0 Å². The molecule has 0 spiro atoms. The second-order valence-corrected chi connectivity index (χ2v) is 5.08. The maximum atomic E-state index is 4.88. The normalized spacial score (nSPS) is 8.00. The average Bonchev–Trinajstić information content (AvgIpc) is 1.91. The van der Waals surface area contributed by atoms with Crippen molar-refractivity contribution in [1.82, 2.24) is 11.5 Å². The first kappa shape index (κ1) is 18.1. The van der Waals surface area contributed by atoms with E-state index in [-0.39, 0.29) is 6.15 Å². The number of rotatable bonds is 4. The average molecular weight is 384 g/mol. The predicted octanol–water partition coefficient (Wildman–Crippen LogP) is 2.93. The van der Waals surface area contributed by atoms with Gasteiger partial charge in [0.05, 0.1) is 0 Å². The van der Waals surface area contributed by atoms with Gasteiger partial charge in [-0.2, -0.15) is 0 Å². The minimum absolute atomic E-state index is 0. The van der Waals surface area contributed by atoms with Crippen molar-refractivity contribution in [3.8, 4) is 0 Å². The van der Waals surface area contributed by atoms with E-state index < -0.39 is 16.5 Å². The molecule has 4 N–H and O–H groups in total. The van der Waals surface area contributed by atoms with Crippen molar-refractivity contribution in [1.29, 1.82) is 0 Å². The first-order valence-corrected chi connectivity index (χ1v) is 8.99. The standard InChI is InChI=1S/C6H15N.2ClH.H3N.Pt/c1-3-5-7-6-4-2;;;;/h7H,3-6H2,1-2H3;2*1H;1H3;/q;;;;+2/p-2. The summed E-state index contributed by atoms with van der Waals surface area (Å²) in [5.74, 6) is 0. The molecule has 0 rings (SSSR count). The first-order valence-electron chi connectivity index (χ1n) is 3.36. The fraction of sp³-hybridized carbons (Fsp3) is 1.00. The molecule has 2 nitrogen and oxygen atoms in total. The van der Waals surface area contributed by atoms with Gasteiger partial charge in [-0.25, -0.2) is 0 Å². The molecule has 0 aliphatic rings. The van der Waals surface area contributed by atoms with Crippen LogP contribution in [-0.2, 0) is 16.5 Å². The third kappa shape index (κ3) is 35.1. The van der Waals surface area contributed by atoms with E-state index in [9.17, 15) is 0 Å². The Labute approximate surface area is 86.4 Å². The fourth-order valence-corrected chi connectivity index (χ4v) is 0.479. The fourth-order valence-electron chi connectivity index (χ4n) is 0.479. The molecule has 0 aromatic carbocycles. The molecule has 0 unspecified atom stereocenters. The van der Waals surface area contributed by atoms with Gasteiger partial charge in [0.1, 0.15) is 0 Å². The van der Waals surface area contributed by atoms with Crippen LogP contribution in [0.15, 0.2) is 0 Å². The molecule has 0 aliphatic heterocycles. The topological polar surface area (TPSA) is 47.0 Å². The van der Waals surface area contributed by atoms with Gasteiger partial charge in [0.2, 0.25) is 0 Å². The zero-order valence-electron chi connectivity index (χ0n) is 7.11. The van der Waals surface area contributed by atoms with Crippen molar-refractivity contribution in [2.75, 3.05) is 13.1 Å². The number of hydrogen-bond acceptors (Lipinski definition) is 2. The van der Waals surface area contributed by atoms with Crippen LogP contribution in [0, 0.1) is 0 Å². The van der Waals surface area contributed by atoms with Crippen LogP contribution < -0.4 is 11.5 Å². The third-order valence-electron chi connectivity index (χ3n) is 0.854. The van der Waals surface area contributed by atoms with Crippen molar-refractivity contribution in [3.63, 3.8) is 0 Å². The van der Waals surface area contributed by atoms with E-state index in [0.29, 0.717) is 0 Å². The molecule has 0 radical (unpaired) electrons. The first-order chi connectivity index (χ1) is 4.83. The molecule has 0 bridgehead atoms. The second-order valence-electron chi connectivity index (χ2n) is 1.80. The number of hydrogen-bond donors (Lipinski definition) is 2. The molecule has 76 valence electrons. The molecule has 0 heterocycles. The second kappa shape index (κ2) is 22.5. The summed E-state index contributed by atoms with van der Waals surface area (Å²) in [6.45, 7) is 6.72. The van der Waals surface area contributed by atoms with Crippen LogP contribution >= 0.6 is 18.8 Å². The molecular weight excluding hydrogens is 366 g/mol. The van der Waals surface area contributed by atoms with Gasteiger partial charge >= 0.3 is 35.3 Å². The van der Waals surface area contributed by atoms with E-state index in [0.717, 1.165) is 0 Å². The van der Waals surface area contributed by atoms with Crippen LogP contribution in [0.3, 0.4) is 0 Å². The van der Waals surface area contributed by atoms with E-state index in [2.05, 4.69) is 19.2 Å². The van der Waals surface area contributed by atoms with E-state index in [1.165, 1.54) is 25.9 Å². The van der Waals surface area contributed by atoms with Crippen LogP contribution in [0.1, 0.15) is 26.7 Å². The Hall–Kier alpha value is 1.19. The molecule has 0 aliphatic carbocycles. The predicted molar refractivity (Wildman–Crippen MR) is 50.2 cm³/mol. The third-order valence-corrected chi connectivity index (χ3v) is 0.854. The minimum atomic E-state index is -0.472. The summed E-state index contributed by atoms with van der Waals surface area (Å²) in [6.07, 6.45) is 2.50. The van der Waals surface area contributed by atoms with Crippen LogP contribution in [0.2, 0.25) is 0 Å². The Morgan fingerprint density at radius 1 is 1.09 bits per heavy atom. The van der Waals surface area contributed by atoms with Crippen molar-refractivity contribution < 1.29 is 16.5 Å². The van der Waals surface area contributed by atoms with E-state index in [1.54, 1.807) is 0 Å². The summed E-state index contributed by atoms with van der Waals surface area (Å²) in [4.78, 5) is 0. The monoisotopic (exact) mass is 383 g/mol. The quantitative estimate of drug-likeness (QED) is 0.733. The van der Waals surface area contributed by atoms with Gasteiger partial charge in [-0.3, -0.25) is 0 Å². The SMILES string of the molecule is CCCNCCC.N.[Cl][Pt][Cl]. The molecule has 0 amide bonds. The number of nitrogens with one attached hydrogen (secondary N) is 1. The maximum absolute atomic E-state index is 4.88. The molecule has 0 aromatic rings. The molecule has 0 aromatic heterocycles. The van der Waals surface area contributed by atoms with E-state index in [1.807, 2.05) is 0 Å². The van der Waals surface area contributed by atoms with E-state index >= 15 is 0 Å². The van der Waals surface area contributed by atoms with Gasteiger partial charge in [0.25, 0.3) is 0 Å². The number of halogens is 2. The van der Waals surface area contributed by atoms with E-state index in [4.69, 9.17) is 18.8 Å². The Morgan fingerprint density at radius 2 is 1.36 bits per heavy atom. The van der Waals surface area contributed by atoms with Crippen molar-refractivity contribution in [2.24, 2.45) is 0 Å². The molecule has 11 heavy (non-hydrogen) atoms. The molecule has 5 heteroatoms. The van der Waals surface area contributed by atoms with Crippen LogP contribution in [-0.4, -0.2) is 13.1 Å². The molecule has 0 atom stereocenters. The molecular formula is C6H18Cl2N2Pt.